The van der Waals surface area contributed by atoms with Gasteiger partial charge < -0.3 is 14.4 Å². The van der Waals surface area contributed by atoms with Gasteiger partial charge in [0.15, 0.2) is 11.6 Å². The Morgan fingerprint density at radius 2 is 1.58 bits per heavy atom. The highest BCUT2D eigenvalue weighted by atomic mass is 16.6. The van der Waals surface area contributed by atoms with Crippen molar-refractivity contribution in [3.05, 3.63) is 23.3 Å². The number of esters is 1. The number of likely N-dealkylation sites (tertiary alicyclic amines) is 1. The van der Waals surface area contributed by atoms with Crippen LogP contribution in [0.3, 0.4) is 0 Å². The number of piperidine rings is 1. The van der Waals surface area contributed by atoms with Gasteiger partial charge in [0.1, 0.15) is 17.8 Å². The van der Waals surface area contributed by atoms with Crippen LogP contribution in [0.1, 0.15) is 161 Å². The molecule has 4 rings (SSSR count). The summed E-state index contributed by atoms with van der Waals surface area (Å²) >= 11 is 0. The van der Waals surface area contributed by atoms with Gasteiger partial charge in [-0.15, -0.1) is 0 Å². The van der Waals surface area contributed by atoms with Crippen LogP contribution >= 0.6 is 0 Å². The standard InChI is InChI=1S/C45H70N2O6/c1-30-27-40(6,7)20-22-45(30,19-15-36(49)52-33-16-24-47(25-17-33)38(51)53-39(3,4)5)23-21-41(8,9)44(13)18-14-34-42(10,11)37(50)32(29-46)28-43(34,12)35(44)26-31(2)48/h26,28,30,33-34H,14-25,27H2,1-13H3/b35-26-/t30?,34-,43-,44+,45+/m0/s1. The summed E-state index contributed by atoms with van der Waals surface area (Å²) in [5.41, 5.74) is -0.996. The lowest BCUT2D eigenvalue weighted by molar-refractivity contribution is -0.152. The van der Waals surface area contributed by atoms with Crippen LogP contribution < -0.4 is 0 Å². The molecule has 0 N–H and O–H groups in total. The van der Waals surface area contributed by atoms with Crippen molar-refractivity contribution in [1.82, 2.24) is 4.90 Å². The number of rotatable bonds is 9. The smallest absolute Gasteiger partial charge is 0.410 e. The molecule has 1 aliphatic heterocycles. The number of Topliss-reactive ketones (excluding diaryl/α,β-unsaturated/α-hetero) is 1. The van der Waals surface area contributed by atoms with Crippen LogP contribution in [0.15, 0.2) is 23.3 Å². The zero-order chi connectivity index (χ0) is 40.0. The van der Waals surface area contributed by atoms with Crippen LogP contribution in [0, 0.1) is 55.7 Å². The number of fused-ring (bicyclic) bond motifs is 1. The first-order valence-corrected chi connectivity index (χ1v) is 20.3. The van der Waals surface area contributed by atoms with Crippen LogP contribution in [0.2, 0.25) is 0 Å². The molecule has 1 amide bonds. The molecule has 3 aliphatic carbocycles. The third-order valence-corrected chi connectivity index (χ3v) is 14.6. The molecule has 8 nitrogen and oxygen atoms in total. The van der Waals surface area contributed by atoms with E-state index in [-0.39, 0.29) is 62.9 Å². The highest BCUT2D eigenvalue weighted by Crippen LogP contribution is 2.67. The van der Waals surface area contributed by atoms with E-state index in [2.05, 4.69) is 54.5 Å². The molecular formula is C45H70N2O6. The first kappa shape index (κ1) is 42.8. The fourth-order valence-corrected chi connectivity index (χ4v) is 10.9. The molecule has 0 aromatic rings. The Hall–Kier alpha value is -2.95. The number of ketones is 2. The van der Waals surface area contributed by atoms with E-state index < -0.39 is 16.4 Å². The molecular weight excluding hydrogens is 665 g/mol. The third-order valence-electron chi connectivity index (χ3n) is 14.6. The van der Waals surface area contributed by atoms with Crippen LogP contribution in [-0.4, -0.2) is 53.3 Å². The highest BCUT2D eigenvalue weighted by Gasteiger charge is 2.61. The number of ether oxygens (including phenoxy) is 2. The average molecular weight is 735 g/mol. The van der Waals surface area contributed by atoms with Gasteiger partial charge in [-0.2, -0.15) is 5.26 Å². The fourth-order valence-electron chi connectivity index (χ4n) is 10.9. The molecule has 3 fully saturated rings. The summed E-state index contributed by atoms with van der Waals surface area (Å²) < 4.78 is 11.6. The van der Waals surface area contributed by atoms with Crippen LogP contribution in [0.5, 0.6) is 0 Å². The molecule has 0 aromatic carbocycles. The Labute approximate surface area is 320 Å². The lowest BCUT2D eigenvalue weighted by Crippen LogP contribution is -2.56. The van der Waals surface area contributed by atoms with E-state index in [1.165, 1.54) is 0 Å². The predicted molar refractivity (Wildman–Crippen MR) is 209 cm³/mol. The van der Waals surface area contributed by atoms with Crippen molar-refractivity contribution in [1.29, 1.82) is 5.26 Å². The summed E-state index contributed by atoms with van der Waals surface area (Å²) in [5, 5.41) is 10.0. The zero-order valence-corrected chi connectivity index (χ0v) is 35.4. The number of nitrogens with zero attached hydrogens (tertiary/aromatic N) is 2. The minimum Gasteiger partial charge on any atom is -0.462 e. The third kappa shape index (κ3) is 8.80. The lowest BCUT2D eigenvalue weighted by Gasteiger charge is -2.61. The summed E-state index contributed by atoms with van der Waals surface area (Å²) in [5.74, 6) is 0.131. The average Bonchev–Trinajstić information content (AvgIpc) is 3.03. The van der Waals surface area contributed by atoms with Gasteiger partial charge in [-0.1, -0.05) is 74.0 Å². The molecule has 0 aromatic heterocycles. The minimum absolute atomic E-state index is 0.0147. The number of allylic oxidation sites excluding steroid dienone is 4. The Kier molecular flexibility index (Phi) is 12.1. The summed E-state index contributed by atoms with van der Waals surface area (Å²) in [4.78, 5) is 54.1. The van der Waals surface area contributed by atoms with Gasteiger partial charge in [0.05, 0.1) is 5.57 Å². The minimum atomic E-state index is -0.714. The van der Waals surface area contributed by atoms with Gasteiger partial charge in [-0.05, 0) is 119 Å². The molecule has 1 unspecified atom stereocenters. The normalized spacial score (nSPS) is 32.7. The Morgan fingerprint density at radius 3 is 2.13 bits per heavy atom. The van der Waals surface area contributed by atoms with Crippen LogP contribution in [0.4, 0.5) is 4.79 Å². The first-order valence-electron chi connectivity index (χ1n) is 20.3. The van der Waals surface area contributed by atoms with Gasteiger partial charge in [0.25, 0.3) is 0 Å². The molecule has 5 atom stereocenters. The van der Waals surface area contributed by atoms with Gasteiger partial charge in [0.2, 0.25) is 0 Å². The van der Waals surface area contributed by atoms with Gasteiger partial charge >= 0.3 is 12.1 Å². The summed E-state index contributed by atoms with van der Waals surface area (Å²) in [6, 6.07) is 2.20. The van der Waals surface area contributed by atoms with E-state index >= 15 is 0 Å². The quantitative estimate of drug-likeness (QED) is 0.171. The molecule has 4 aliphatic rings. The molecule has 8 heteroatoms. The number of amides is 1. The Balaban J connectivity index is 1.53. The summed E-state index contributed by atoms with van der Waals surface area (Å²) in [6.45, 7) is 28.3. The molecule has 53 heavy (non-hydrogen) atoms. The van der Waals surface area contributed by atoms with Gasteiger partial charge in [0, 0.05) is 43.2 Å². The van der Waals surface area contributed by atoms with E-state index in [0.717, 1.165) is 56.9 Å². The second kappa shape index (κ2) is 14.9. The SMILES string of the molecule is CC(=O)/C=C1/[C@@]2(C)C=C(C#N)C(=O)C(C)(C)[C@@H]2CC[C@@]1(C)C(C)(C)CC[C@@]1(CCC(=O)OC2CCN(C(=O)OC(C)(C)C)CC2)CCC(C)(C)CC1C. The zero-order valence-electron chi connectivity index (χ0n) is 35.4. The van der Waals surface area contributed by atoms with E-state index in [4.69, 9.17) is 9.47 Å². The van der Waals surface area contributed by atoms with Crippen molar-refractivity contribution in [2.45, 2.75) is 172 Å². The second-order valence-corrected chi connectivity index (χ2v) is 20.8. The van der Waals surface area contributed by atoms with E-state index in [1.54, 1.807) is 11.8 Å². The van der Waals surface area contributed by atoms with Crippen molar-refractivity contribution >= 4 is 23.6 Å². The van der Waals surface area contributed by atoms with Crippen LogP contribution in [-0.2, 0) is 23.9 Å². The second-order valence-electron chi connectivity index (χ2n) is 20.8. The van der Waals surface area contributed by atoms with Crippen molar-refractivity contribution in [2.75, 3.05) is 13.1 Å². The fraction of sp³-hybridized carbons (Fsp3) is 0.800. The molecule has 296 valence electrons. The topological polar surface area (TPSA) is 114 Å². The van der Waals surface area contributed by atoms with Crippen molar-refractivity contribution in [3.8, 4) is 6.07 Å². The molecule has 2 saturated carbocycles. The summed E-state index contributed by atoms with van der Waals surface area (Å²) in [6.07, 6.45) is 12.4. The van der Waals surface area contributed by atoms with Crippen LogP contribution in [0.25, 0.3) is 0 Å². The largest absolute Gasteiger partial charge is 0.462 e. The molecule has 0 spiro atoms. The van der Waals surface area contributed by atoms with Gasteiger partial charge in [-0.25, -0.2) is 4.79 Å². The molecule has 1 heterocycles. The number of carbonyl (C=O) groups is 4. The van der Waals surface area contributed by atoms with E-state index in [9.17, 15) is 24.4 Å². The molecule has 0 radical (unpaired) electrons. The number of hydrogen-bond acceptors (Lipinski definition) is 7. The van der Waals surface area contributed by atoms with Gasteiger partial charge in [-0.3, -0.25) is 14.4 Å². The number of hydrogen-bond donors (Lipinski definition) is 0. The maximum absolute atomic E-state index is 13.5. The van der Waals surface area contributed by atoms with Crippen molar-refractivity contribution < 1.29 is 28.7 Å². The maximum atomic E-state index is 13.5. The molecule has 0 bridgehead atoms. The lowest BCUT2D eigenvalue weighted by atomic mass is 9.42. The number of carbonyl (C=O) groups excluding carboxylic acids is 4. The maximum Gasteiger partial charge on any atom is 0.410 e. The first-order chi connectivity index (χ1) is 24.2. The van der Waals surface area contributed by atoms with E-state index in [1.807, 2.05) is 46.8 Å². The van der Waals surface area contributed by atoms with Crippen molar-refractivity contribution in [3.63, 3.8) is 0 Å². The molecule has 1 saturated heterocycles. The Bertz CT molecular complexity index is 1550. The highest BCUT2D eigenvalue weighted by molar-refractivity contribution is 6.04. The Morgan fingerprint density at radius 1 is 0.962 bits per heavy atom. The van der Waals surface area contributed by atoms with Crippen molar-refractivity contribution in [2.24, 2.45) is 44.3 Å². The monoisotopic (exact) mass is 735 g/mol. The summed E-state index contributed by atoms with van der Waals surface area (Å²) in [7, 11) is 0. The number of nitriles is 1. The van der Waals surface area contributed by atoms with E-state index in [0.29, 0.717) is 38.3 Å². The predicted octanol–water partition coefficient (Wildman–Crippen LogP) is 10.3.